The van der Waals surface area contributed by atoms with Crippen LogP contribution in [0.25, 0.3) is 44.0 Å². The molecule has 13 rings (SSSR count). The molecular formula is C60H68F2N12O6. The number of piperazine rings is 1. The molecule has 80 heavy (non-hydrogen) atoms. The molecule has 7 aliphatic rings. The van der Waals surface area contributed by atoms with Crippen LogP contribution in [0, 0.1) is 29.9 Å². The number of rotatable bonds is 12. The first kappa shape index (κ1) is 52.2. The van der Waals surface area contributed by atoms with Crippen LogP contribution in [-0.4, -0.2) is 157 Å². The number of aryl methyl sites for hydroxylation is 1. The SMILES string of the molecule is C#Cc1c(F)ccc2cccc(-c3ncc4c(N5CC6CCC(C5)N6)nc(OC[C@@]56CCCN5[C@H](CC5CC(CN(C)C7CCN(c8cccc9c8n(C)c(=O)n9C8CCC(=O)NC8=O)CC7)CCN5C(=O)O)CC6)nc4c3F)c12. The molecule has 7 saturated heterocycles. The molecule has 0 spiro atoms. The standard InChI is InChI=1S/C60H68F2N12O6/c1-4-42-45(61)15-12-36-8-5-9-43(50(36)42)52-51(62)53-44(30-63-52)55(71-32-37-13-14-38(33-71)64-37)67-57(66-53)80-34-60-22-7-24-73(60)40(18-23-60)29-41-28-35(19-27-72(41)59(78)79)31-68(2)39-20-25-70(26-21-39)46-10-6-11-47-54(46)69(3)58(77)74(47)48-16-17-49(75)65-56(48)76/h1,5-6,8-12,15,30,35,37-41,48,64H,7,13-14,16-29,31-34H2,2-3H3,(H,78,79)(H,65,75,76)/t35?,37?,38?,40-,41?,48?,60-/m0/s1. The van der Waals surface area contributed by atoms with Crippen molar-refractivity contribution in [3.63, 3.8) is 0 Å². The van der Waals surface area contributed by atoms with E-state index in [1.54, 1.807) is 40.9 Å². The summed E-state index contributed by atoms with van der Waals surface area (Å²) in [4.78, 5) is 77.1. The third-order valence-corrected chi connectivity index (χ3v) is 19.3. The number of nitrogens with one attached hydrogen (secondary N) is 2. The minimum absolute atomic E-state index is 0.0110. The van der Waals surface area contributed by atoms with Crippen LogP contribution in [0.4, 0.5) is 25.1 Å². The molecule has 7 aliphatic heterocycles. The molecule has 418 valence electrons. The van der Waals surface area contributed by atoms with Gasteiger partial charge in [0.25, 0.3) is 0 Å². The van der Waals surface area contributed by atoms with Crippen molar-refractivity contribution in [2.24, 2.45) is 13.0 Å². The first-order chi connectivity index (χ1) is 38.7. The number of piperidine rings is 3. The van der Waals surface area contributed by atoms with E-state index in [9.17, 15) is 24.3 Å². The molecule has 20 heteroatoms. The van der Waals surface area contributed by atoms with E-state index in [1.165, 1.54) is 10.6 Å². The van der Waals surface area contributed by atoms with Crippen LogP contribution in [0.3, 0.4) is 0 Å². The lowest BCUT2D eigenvalue weighted by molar-refractivity contribution is -0.135. The highest BCUT2D eigenvalue weighted by Gasteiger charge is 2.51. The van der Waals surface area contributed by atoms with Crippen molar-refractivity contribution >= 4 is 62.1 Å². The van der Waals surface area contributed by atoms with Crippen molar-refractivity contribution in [1.82, 2.24) is 49.4 Å². The Bertz CT molecular complexity index is 3560. The summed E-state index contributed by atoms with van der Waals surface area (Å²) in [6, 6.07) is 14.4. The molecule has 0 radical (unpaired) electrons. The van der Waals surface area contributed by atoms with Gasteiger partial charge in [-0.05, 0) is 120 Å². The number of carboxylic acid groups (broad SMARTS) is 1. The lowest BCUT2D eigenvalue weighted by Gasteiger charge is -2.43. The zero-order valence-electron chi connectivity index (χ0n) is 45.4. The van der Waals surface area contributed by atoms with Gasteiger partial charge in [0.05, 0.1) is 33.2 Å². The number of nitrogens with zero attached hydrogens (tertiary/aromatic N) is 10. The van der Waals surface area contributed by atoms with Gasteiger partial charge in [0, 0.05) is 100 Å². The number of halogens is 2. The average molecular weight is 1090 g/mol. The molecular weight excluding hydrogens is 1020 g/mol. The van der Waals surface area contributed by atoms with Gasteiger partial charge in [-0.15, -0.1) is 6.42 Å². The summed E-state index contributed by atoms with van der Waals surface area (Å²) >= 11 is 0. The topological polar surface area (TPSA) is 187 Å². The van der Waals surface area contributed by atoms with Crippen molar-refractivity contribution in [1.29, 1.82) is 0 Å². The number of imidazole rings is 1. The van der Waals surface area contributed by atoms with E-state index in [4.69, 9.17) is 21.1 Å². The average Bonchev–Trinajstić information content (AvgIpc) is 4.24. The summed E-state index contributed by atoms with van der Waals surface area (Å²) in [5, 5.41) is 18.2. The van der Waals surface area contributed by atoms with E-state index in [0.717, 1.165) is 108 Å². The van der Waals surface area contributed by atoms with Gasteiger partial charge in [-0.3, -0.25) is 33.9 Å². The van der Waals surface area contributed by atoms with Crippen molar-refractivity contribution in [2.45, 2.75) is 125 Å². The van der Waals surface area contributed by atoms with Crippen LogP contribution in [0.15, 0.2) is 59.5 Å². The summed E-state index contributed by atoms with van der Waals surface area (Å²) in [5.41, 5.74) is 2.31. The van der Waals surface area contributed by atoms with Crippen LogP contribution in [0.5, 0.6) is 6.01 Å². The second kappa shape index (κ2) is 20.7. The minimum Gasteiger partial charge on any atom is -0.465 e. The summed E-state index contributed by atoms with van der Waals surface area (Å²) in [7, 11) is 3.94. The number of amides is 3. The monoisotopic (exact) mass is 1090 g/mol. The fraction of sp³-hybridized carbons (Fsp3) is 0.517. The van der Waals surface area contributed by atoms with Gasteiger partial charge >= 0.3 is 17.8 Å². The number of hydrogen-bond acceptors (Lipinski definition) is 13. The van der Waals surface area contributed by atoms with E-state index < -0.39 is 29.7 Å². The highest BCUT2D eigenvalue weighted by atomic mass is 19.1. The zero-order chi connectivity index (χ0) is 55.1. The van der Waals surface area contributed by atoms with E-state index in [2.05, 4.69) is 48.2 Å². The third kappa shape index (κ3) is 9.09. The second-order valence-electron chi connectivity index (χ2n) is 23.8. The van der Waals surface area contributed by atoms with Crippen LogP contribution in [0.2, 0.25) is 0 Å². The van der Waals surface area contributed by atoms with Crippen LogP contribution < -0.4 is 30.9 Å². The fourth-order valence-corrected chi connectivity index (χ4v) is 15.3. The zero-order valence-corrected chi connectivity index (χ0v) is 45.4. The molecule has 0 saturated carbocycles. The number of carbonyl (C=O) groups excluding carboxylic acids is 2. The van der Waals surface area contributed by atoms with Crippen molar-refractivity contribution < 1.29 is 33.0 Å². The van der Waals surface area contributed by atoms with Crippen LogP contribution >= 0.6 is 0 Å². The number of pyridine rings is 1. The van der Waals surface area contributed by atoms with Gasteiger partial charge in [0.1, 0.15) is 35.5 Å². The van der Waals surface area contributed by atoms with E-state index in [1.807, 2.05) is 24.3 Å². The molecule has 5 unspecified atom stereocenters. The number of benzene rings is 3. The fourth-order valence-electron chi connectivity index (χ4n) is 15.3. The number of aromatic nitrogens is 5. The Morgan fingerprint density at radius 1 is 0.925 bits per heavy atom. The highest BCUT2D eigenvalue weighted by molar-refractivity contribution is 6.03. The molecule has 3 amide bonds. The first-order valence-corrected chi connectivity index (χ1v) is 28.7. The van der Waals surface area contributed by atoms with E-state index >= 15 is 8.78 Å². The van der Waals surface area contributed by atoms with Crippen molar-refractivity contribution in [3.05, 3.63) is 82.4 Å². The van der Waals surface area contributed by atoms with E-state index in [-0.39, 0.29) is 76.9 Å². The maximum absolute atomic E-state index is 17.4. The minimum atomic E-state index is -0.875. The molecule has 3 aromatic carbocycles. The molecule has 7 atom stereocenters. The van der Waals surface area contributed by atoms with Gasteiger partial charge in [-0.25, -0.2) is 18.4 Å². The predicted molar refractivity (Wildman–Crippen MR) is 300 cm³/mol. The smallest absolute Gasteiger partial charge is 0.407 e. The number of hydrogen-bond donors (Lipinski definition) is 3. The van der Waals surface area contributed by atoms with Gasteiger partial charge < -0.3 is 34.8 Å². The van der Waals surface area contributed by atoms with Crippen LogP contribution in [-0.2, 0) is 16.6 Å². The number of para-hydroxylation sites is 1. The summed E-state index contributed by atoms with van der Waals surface area (Å²) in [6.07, 6.45) is 16.9. The Balaban J connectivity index is 0.694. The summed E-state index contributed by atoms with van der Waals surface area (Å²) in [6.45, 7) is 5.51. The number of imide groups is 1. The molecule has 18 nitrogen and oxygen atoms in total. The Kier molecular flexibility index (Phi) is 13.5. The number of ether oxygens (including phenoxy) is 1. The molecule has 10 heterocycles. The Labute approximate surface area is 462 Å². The lowest BCUT2D eigenvalue weighted by Crippen LogP contribution is -2.52. The lowest BCUT2D eigenvalue weighted by atomic mass is 9.86. The first-order valence-electron chi connectivity index (χ1n) is 28.7. The largest absolute Gasteiger partial charge is 0.465 e. The van der Waals surface area contributed by atoms with Crippen molar-refractivity contribution in [2.75, 3.05) is 69.3 Å². The Morgan fingerprint density at radius 2 is 1.73 bits per heavy atom. The van der Waals surface area contributed by atoms with Gasteiger partial charge in [0.2, 0.25) is 11.8 Å². The maximum atomic E-state index is 17.4. The number of likely N-dealkylation sites (tertiary alicyclic amines) is 1. The Morgan fingerprint density at radius 3 is 2.50 bits per heavy atom. The van der Waals surface area contributed by atoms with Crippen molar-refractivity contribution in [3.8, 4) is 29.6 Å². The maximum Gasteiger partial charge on any atom is 0.407 e. The quantitative estimate of drug-likeness (QED) is 0.0858. The molecule has 7 fully saturated rings. The highest BCUT2D eigenvalue weighted by Crippen LogP contribution is 2.46. The summed E-state index contributed by atoms with van der Waals surface area (Å²) in [5.74, 6) is 1.36. The number of anilines is 2. The van der Waals surface area contributed by atoms with Gasteiger partial charge in [-0.1, -0.05) is 36.3 Å². The molecule has 3 N–H and O–H groups in total. The predicted octanol–water partition coefficient (Wildman–Crippen LogP) is 6.80. The second-order valence-corrected chi connectivity index (χ2v) is 23.8. The van der Waals surface area contributed by atoms with Gasteiger partial charge in [0.15, 0.2) is 5.82 Å². The number of fused-ring (bicyclic) bond motifs is 6. The number of terminal acetylenes is 1. The van der Waals surface area contributed by atoms with Gasteiger partial charge in [-0.2, -0.15) is 9.97 Å². The summed E-state index contributed by atoms with van der Waals surface area (Å²) < 4.78 is 42.4. The molecule has 6 aromatic rings. The molecule has 0 aliphatic carbocycles. The third-order valence-electron chi connectivity index (χ3n) is 19.3. The molecule has 3 aromatic heterocycles. The van der Waals surface area contributed by atoms with E-state index in [0.29, 0.717) is 71.3 Å². The van der Waals surface area contributed by atoms with Crippen LogP contribution in [0.1, 0.15) is 95.1 Å². The Hall–Kier alpha value is -7.21. The number of carbonyl (C=O) groups is 3. The molecule has 2 bridgehead atoms. The normalized spacial score (nSPS) is 26.5.